The van der Waals surface area contributed by atoms with Gasteiger partial charge in [-0.15, -0.1) is 0 Å². The molecule has 7 heteroatoms. The third kappa shape index (κ3) is 2.65. The Morgan fingerprint density at radius 3 is 2.83 bits per heavy atom. The molecule has 5 aliphatic carbocycles. The second-order valence-electron chi connectivity index (χ2n) is 12.3. The zero-order chi connectivity index (χ0) is 24.2. The maximum Gasteiger partial charge on any atom is 0.236 e. The van der Waals surface area contributed by atoms with Crippen molar-refractivity contribution in [2.45, 2.75) is 81.1 Å². The van der Waals surface area contributed by atoms with E-state index < -0.39 is 11.6 Å². The Labute approximate surface area is 208 Å². The number of nitrogens with one attached hydrogen (secondary N) is 1. The van der Waals surface area contributed by atoms with Gasteiger partial charge in [-0.3, -0.25) is 9.69 Å². The second-order valence-corrected chi connectivity index (χ2v) is 12.3. The minimum atomic E-state index is -0.513. The first-order valence-electron chi connectivity index (χ1n) is 13.6. The van der Waals surface area contributed by atoms with E-state index in [2.05, 4.69) is 22.3 Å². The lowest BCUT2D eigenvalue weighted by atomic mass is 9.35. The molecule has 7 nitrogen and oxygen atoms in total. The zero-order valence-electron chi connectivity index (χ0n) is 21.3. The molecular weight excluding hydrogens is 442 g/mol. The Morgan fingerprint density at radius 1 is 1.29 bits per heavy atom. The Bertz CT molecular complexity index is 1070. The van der Waals surface area contributed by atoms with Crippen LogP contribution < -0.4 is 20.5 Å². The van der Waals surface area contributed by atoms with Crippen molar-refractivity contribution >= 4 is 5.91 Å². The smallest absolute Gasteiger partial charge is 0.236 e. The largest absolute Gasteiger partial charge is 0.493 e. The Balaban J connectivity index is 1.38. The molecule has 4 saturated carbocycles. The summed E-state index contributed by atoms with van der Waals surface area (Å²) in [4.78, 5) is 15.3. The van der Waals surface area contributed by atoms with Crippen LogP contribution in [0.1, 0.15) is 56.6 Å². The summed E-state index contributed by atoms with van der Waals surface area (Å²) >= 11 is 0. The summed E-state index contributed by atoms with van der Waals surface area (Å²) in [6.45, 7) is 4.69. The van der Waals surface area contributed by atoms with Gasteiger partial charge in [0.2, 0.25) is 5.91 Å². The highest BCUT2D eigenvalue weighted by Gasteiger charge is 2.80. The highest BCUT2D eigenvalue weighted by molar-refractivity contribution is 5.81. The number of rotatable bonds is 7. The van der Waals surface area contributed by atoms with Crippen LogP contribution >= 0.6 is 0 Å². The van der Waals surface area contributed by atoms with Crippen molar-refractivity contribution in [2.75, 3.05) is 33.9 Å². The Hall–Kier alpha value is -1.83. The second kappa shape index (κ2) is 7.36. The number of amides is 1. The summed E-state index contributed by atoms with van der Waals surface area (Å²) in [5, 5.41) is 3.16. The number of carbonyl (C=O) groups excluding carboxylic acids is 1. The van der Waals surface area contributed by atoms with E-state index in [4.69, 9.17) is 19.9 Å². The van der Waals surface area contributed by atoms with E-state index in [0.717, 1.165) is 56.1 Å². The lowest BCUT2D eigenvalue weighted by Gasteiger charge is -2.74. The van der Waals surface area contributed by atoms with Crippen LogP contribution in [0, 0.1) is 17.3 Å². The van der Waals surface area contributed by atoms with E-state index in [1.165, 1.54) is 30.5 Å². The van der Waals surface area contributed by atoms with Crippen molar-refractivity contribution in [1.29, 1.82) is 0 Å². The van der Waals surface area contributed by atoms with E-state index in [-0.39, 0.29) is 28.8 Å². The normalized spacial score (nSPS) is 41.2. The quantitative estimate of drug-likeness (QED) is 0.622. The molecule has 1 aromatic carbocycles. The Kier molecular flexibility index (Phi) is 4.70. The first-order chi connectivity index (χ1) is 16.9. The number of hydrogen-bond donors (Lipinski definition) is 2. The first kappa shape index (κ1) is 22.4. The molecule has 7 aliphatic rings. The maximum absolute atomic E-state index is 12.5. The maximum atomic E-state index is 12.5. The molecule has 8 rings (SSSR count). The van der Waals surface area contributed by atoms with Gasteiger partial charge >= 0.3 is 0 Å². The number of methoxy groups -OCH3 is 2. The number of ether oxygens (including phenoxy) is 3. The van der Waals surface area contributed by atoms with Gasteiger partial charge in [-0.25, -0.2) is 0 Å². The molecule has 2 unspecified atom stereocenters. The van der Waals surface area contributed by atoms with Crippen LogP contribution in [-0.2, 0) is 21.4 Å². The number of carbonyl (C=O) groups is 1. The number of hydrogen-bond acceptors (Lipinski definition) is 6. The van der Waals surface area contributed by atoms with E-state index in [1.807, 2.05) is 7.11 Å². The predicted molar refractivity (Wildman–Crippen MR) is 132 cm³/mol. The van der Waals surface area contributed by atoms with Crippen LogP contribution in [0.4, 0.5) is 0 Å². The highest BCUT2D eigenvalue weighted by Crippen LogP contribution is 2.76. The average molecular weight is 482 g/mol. The van der Waals surface area contributed by atoms with E-state index in [1.54, 1.807) is 14.0 Å². The topological polar surface area (TPSA) is 86.0 Å². The van der Waals surface area contributed by atoms with Crippen LogP contribution in [0.15, 0.2) is 12.1 Å². The van der Waals surface area contributed by atoms with Crippen LogP contribution in [0.5, 0.6) is 11.5 Å². The van der Waals surface area contributed by atoms with E-state index >= 15 is 0 Å². The summed E-state index contributed by atoms with van der Waals surface area (Å²) < 4.78 is 19.4. The van der Waals surface area contributed by atoms with Gasteiger partial charge < -0.3 is 25.3 Å². The molecule has 4 bridgehead atoms. The third-order valence-corrected chi connectivity index (χ3v) is 10.9. The molecule has 1 saturated heterocycles. The molecule has 5 fully saturated rings. The van der Waals surface area contributed by atoms with Crippen molar-refractivity contribution in [3.05, 3.63) is 23.3 Å². The fourth-order valence-electron chi connectivity index (χ4n) is 9.32. The molecule has 2 aliphatic heterocycles. The summed E-state index contributed by atoms with van der Waals surface area (Å²) in [5.41, 5.74) is 8.39. The highest BCUT2D eigenvalue weighted by atomic mass is 16.6. The van der Waals surface area contributed by atoms with Crippen LogP contribution in [0.25, 0.3) is 0 Å². The monoisotopic (exact) mass is 481 g/mol. The number of benzene rings is 1. The van der Waals surface area contributed by atoms with Crippen molar-refractivity contribution < 1.29 is 19.0 Å². The minimum absolute atomic E-state index is 0.0505. The van der Waals surface area contributed by atoms with Gasteiger partial charge in [0.1, 0.15) is 11.7 Å². The average Bonchev–Trinajstić information content (AvgIpc) is 3.61. The fourth-order valence-corrected chi connectivity index (χ4v) is 9.32. The molecule has 1 amide bonds. The molecule has 2 heterocycles. The molecule has 0 radical (unpaired) electrons. The number of nitrogens with zero attached hydrogens (tertiary/aromatic N) is 1. The zero-order valence-corrected chi connectivity index (χ0v) is 21.3. The summed E-state index contributed by atoms with van der Waals surface area (Å²) in [5.74, 6) is 2.76. The number of likely N-dealkylation sites (tertiary alicyclic amines) is 1. The lowest BCUT2D eigenvalue weighted by molar-refractivity contribution is -0.276. The van der Waals surface area contributed by atoms with Gasteiger partial charge in [0.15, 0.2) is 11.5 Å². The van der Waals surface area contributed by atoms with Crippen LogP contribution in [0.2, 0.25) is 0 Å². The summed E-state index contributed by atoms with van der Waals surface area (Å²) in [6, 6.07) is 4.40. The minimum Gasteiger partial charge on any atom is -0.493 e. The molecule has 1 aromatic rings. The molecule has 3 N–H and O–H groups in total. The van der Waals surface area contributed by atoms with Gasteiger partial charge in [-0.2, -0.15) is 0 Å². The third-order valence-electron chi connectivity index (χ3n) is 10.9. The summed E-state index contributed by atoms with van der Waals surface area (Å²) in [6.07, 6.45) is 8.06. The van der Waals surface area contributed by atoms with Crippen molar-refractivity contribution in [2.24, 2.45) is 23.0 Å². The van der Waals surface area contributed by atoms with E-state index in [9.17, 15) is 4.79 Å². The predicted octanol–water partition coefficient (Wildman–Crippen LogP) is 2.38. The SMILES string of the molecule is COc1ccc2c3c1O[C@H]1[C@@]4(OC)CC[C@@]5(C[C@@H]4CNC(=O)C(C)N)C(C2)N(CC2CC2)CC[C@]315. The lowest BCUT2D eigenvalue weighted by Crippen LogP contribution is -2.81. The van der Waals surface area contributed by atoms with Gasteiger partial charge in [-0.1, -0.05) is 6.07 Å². The van der Waals surface area contributed by atoms with Gasteiger partial charge in [0, 0.05) is 48.6 Å². The standard InChI is InChI=1S/C28H39N3O4/c1-16(29)24(32)30-14-19-13-26-8-9-28(19,34-3)25-27(26)10-11-31(15-17-4-5-17)21(26)12-18-6-7-20(33-2)23(35-25)22(18)27/h6-7,16-17,19,21,25H,4-5,8-15,29H2,1-3H3,(H,30,32)/t16?,19-,21?,25-,26-,27+,28-/m1/s1. The fraction of sp³-hybridized carbons (Fsp3) is 0.750. The van der Waals surface area contributed by atoms with E-state index in [0.29, 0.717) is 12.6 Å². The van der Waals surface area contributed by atoms with Crippen LogP contribution in [-0.4, -0.2) is 68.4 Å². The van der Waals surface area contributed by atoms with Gasteiger partial charge in [-0.05, 0) is 76.0 Å². The number of nitrogens with two attached hydrogens (primary N) is 1. The molecular formula is C28H39N3O4. The number of fused-ring (bicyclic) bond motifs is 2. The van der Waals surface area contributed by atoms with Gasteiger partial charge in [0.05, 0.1) is 13.2 Å². The van der Waals surface area contributed by atoms with Crippen molar-refractivity contribution in [1.82, 2.24) is 10.2 Å². The van der Waals surface area contributed by atoms with Crippen molar-refractivity contribution in [3.63, 3.8) is 0 Å². The van der Waals surface area contributed by atoms with Crippen LogP contribution in [0.3, 0.4) is 0 Å². The van der Waals surface area contributed by atoms with Crippen molar-refractivity contribution in [3.8, 4) is 11.5 Å². The molecule has 2 spiro atoms. The molecule has 35 heavy (non-hydrogen) atoms. The Morgan fingerprint density at radius 2 is 2.11 bits per heavy atom. The molecule has 190 valence electrons. The van der Waals surface area contributed by atoms with Gasteiger partial charge in [0.25, 0.3) is 0 Å². The molecule has 7 atom stereocenters. The molecule has 0 aromatic heterocycles. The number of piperidine rings is 1. The first-order valence-corrected chi connectivity index (χ1v) is 13.6. The summed E-state index contributed by atoms with van der Waals surface area (Å²) in [7, 11) is 3.59.